The molecule has 104 valence electrons. The fraction of sp³-hybridized carbons (Fsp3) is 0.308. The number of benzene rings is 1. The Hall–Kier alpha value is -2.36. The summed E-state index contributed by atoms with van der Waals surface area (Å²) >= 11 is 0. The molecule has 1 aromatic carbocycles. The van der Waals surface area contributed by atoms with E-state index in [1.807, 2.05) is 6.07 Å². The van der Waals surface area contributed by atoms with Gasteiger partial charge in [-0.15, -0.1) is 0 Å². The molecule has 0 N–H and O–H groups in total. The van der Waals surface area contributed by atoms with Crippen LogP contribution in [0.2, 0.25) is 0 Å². The van der Waals surface area contributed by atoms with Gasteiger partial charge in [-0.3, -0.25) is 0 Å². The van der Waals surface area contributed by atoms with E-state index < -0.39 is 17.5 Å². The lowest BCUT2D eigenvalue weighted by atomic mass is 10.1. The molecule has 0 radical (unpaired) electrons. The summed E-state index contributed by atoms with van der Waals surface area (Å²) in [6.45, 7) is 1.79. The Labute approximate surface area is 112 Å². The van der Waals surface area contributed by atoms with Crippen LogP contribution < -0.4 is 0 Å². The standard InChI is InChI=1S/C13H10F3N3O/c1-7(3-2-4-17)13-18-12(19-20-13)8-5-9(14)11(16)10(15)6-8/h5-7H,2-3H2,1H3. The van der Waals surface area contributed by atoms with Crippen LogP contribution in [-0.2, 0) is 0 Å². The first-order valence-corrected chi connectivity index (χ1v) is 5.88. The van der Waals surface area contributed by atoms with Crippen molar-refractivity contribution in [2.24, 2.45) is 0 Å². The summed E-state index contributed by atoms with van der Waals surface area (Å²) in [7, 11) is 0. The van der Waals surface area contributed by atoms with E-state index in [2.05, 4.69) is 10.1 Å². The van der Waals surface area contributed by atoms with Crippen molar-refractivity contribution in [2.75, 3.05) is 0 Å². The number of nitriles is 1. The third-order valence-electron chi connectivity index (χ3n) is 2.79. The normalized spacial score (nSPS) is 12.2. The number of rotatable bonds is 4. The number of hydrogen-bond acceptors (Lipinski definition) is 4. The van der Waals surface area contributed by atoms with Crippen LogP contribution in [0.25, 0.3) is 11.4 Å². The van der Waals surface area contributed by atoms with Crippen LogP contribution in [0, 0.1) is 28.8 Å². The molecule has 0 bridgehead atoms. The summed E-state index contributed by atoms with van der Waals surface area (Å²) in [6, 6.07) is 3.59. The van der Waals surface area contributed by atoms with E-state index in [4.69, 9.17) is 9.78 Å². The zero-order chi connectivity index (χ0) is 14.7. The third-order valence-corrected chi connectivity index (χ3v) is 2.79. The summed E-state index contributed by atoms with van der Waals surface area (Å²) in [5.74, 6) is -4.08. The van der Waals surface area contributed by atoms with Crippen LogP contribution in [-0.4, -0.2) is 10.1 Å². The number of halogens is 3. The van der Waals surface area contributed by atoms with Crippen molar-refractivity contribution in [2.45, 2.75) is 25.7 Å². The first kappa shape index (κ1) is 14.1. The average molecular weight is 281 g/mol. The van der Waals surface area contributed by atoms with Gasteiger partial charge in [0.1, 0.15) is 0 Å². The van der Waals surface area contributed by atoms with E-state index >= 15 is 0 Å². The summed E-state index contributed by atoms with van der Waals surface area (Å²) < 4.78 is 44.1. The van der Waals surface area contributed by atoms with Crippen molar-refractivity contribution in [1.29, 1.82) is 5.26 Å². The summed E-state index contributed by atoms with van der Waals surface area (Å²) in [5.41, 5.74) is -0.0103. The molecule has 1 heterocycles. The second-order valence-corrected chi connectivity index (χ2v) is 4.31. The largest absolute Gasteiger partial charge is 0.339 e. The molecule has 2 rings (SSSR count). The Morgan fingerprint density at radius 3 is 2.55 bits per heavy atom. The smallest absolute Gasteiger partial charge is 0.229 e. The Morgan fingerprint density at radius 1 is 1.30 bits per heavy atom. The first-order valence-electron chi connectivity index (χ1n) is 5.88. The highest BCUT2D eigenvalue weighted by molar-refractivity contribution is 5.54. The molecule has 1 aromatic heterocycles. The second-order valence-electron chi connectivity index (χ2n) is 4.31. The molecular formula is C13H10F3N3O. The van der Waals surface area contributed by atoms with Crippen molar-refractivity contribution < 1.29 is 17.7 Å². The van der Waals surface area contributed by atoms with E-state index in [1.165, 1.54) is 0 Å². The van der Waals surface area contributed by atoms with Crippen LogP contribution in [0.5, 0.6) is 0 Å². The van der Waals surface area contributed by atoms with E-state index in [9.17, 15) is 13.2 Å². The van der Waals surface area contributed by atoms with Gasteiger partial charge in [-0.05, 0) is 18.6 Å². The highest BCUT2D eigenvalue weighted by atomic mass is 19.2. The van der Waals surface area contributed by atoms with Gasteiger partial charge in [0.2, 0.25) is 11.7 Å². The van der Waals surface area contributed by atoms with Crippen LogP contribution in [0.1, 0.15) is 31.6 Å². The Kier molecular flexibility index (Phi) is 4.03. The van der Waals surface area contributed by atoms with Crippen molar-refractivity contribution in [3.8, 4) is 17.5 Å². The van der Waals surface area contributed by atoms with Crippen molar-refractivity contribution in [3.63, 3.8) is 0 Å². The van der Waals surface area contributed by atoms with E-state index in [0.29, 0.717) is 12.8 Å². The number of hydrogen-bond donors (Lipinski definition) is 0. The van der Waals surface area contributed by atoms with Gasteiger partial charge in [0, 0.05) is 17.9 Å². The lowest BCUT2D eigenvalue weighted by Crippen LogP contribution is -1.95. The van der Waals surface area contributed by atoms with Crippen LogP contribution in [0.15, 0.2) is 16.7 Å². The molecule has 0 aliphatic heterocycles. The predicted molar refractivity (Wildman–Crippen MR) is 62.9 cm³/mol. The molecule has 0 aliphatic rings. The van der Waals surface area contributed by atoms with E-state index in [-0.39, 0.29) is 23.2 Å². The topological polar surface area (TPSA) is 62.7 Å². The third kappa shape index (κ3) is 2.79. The summed E-state index contributed by atoms with van der Waals surface area (Å²) in [6.07, 6.45) is 0.864. The monoisotopic (exact) mass is 281 g/mol. The van der Waals surface area contributed by atoms with Gasteiger partial charge in [0.15, 0.2) is 17.5 Å². The maximum absolute atomic E-state index is 13.1. The van der Waals surface area contributed by atoms with Gasteiger partial charge >= 0.3 is 0 Å². The van der Waals surface area contributed by atoms with Crippen LogP contribution in [0.3, 0.4) is 0 Å². The van der Waals surface area contributed by atoms with Gasteiger partial charge in [-0.25, -0.2) is 13.2 Å². The van der Waals surface area contributed by atoms with Gasteiger partial charge in [-0.1, -0.05) is 12.1 Å². The molecule has 0 amide bonds. The van der Waals surface area contributed by atoms with Gasteiger partial charge in [0.05, 0.1) is 6.07 Å². The zero-order valence-electron chi connectivity index (χ0n) is 10.5. The molecule has 7 heteroatoms. The van der Waals surface area contributed by atoms with Crippen molar-refractivity contribution >= 4 is 0 Å². The van der Waals surface area contributed by atoms with E-state index in [1.54, 1.807) is 6.92 Å². The van der Waals surface area contributed by atoms with Gasteiger partial charge in [0.25, 0.3) is 0 Å². The molecule has 4 nitrogen and oxygen atoms in total. The first-order chi connectivity index (χ1) is 9.52. The lowest BCUT2D eigenvalue weighted by Gasteiger charge is -2.01. The minimum Gasteiger partial charge on any atom is -0.339 e. The molecule has 0 saturated heterocycles. The average Bonchev–Trinajstić information content (AvgIpc) is 2.91. The van der Waals surface area contributed by atoms with Crippen molar-refractivity contribution in [3.05, 3.63) is 35.5 Å². The molecule has 0 spiro atoms. The minimum absolute atomic E-state index is 0.0103. The molecule has 20 heavy (non-hydrogen) atoms. The Balaban J connectivity index is 2.27. The van der Waals surface area contributed by atoms with Crippen LogP contribution >= 0.6 is 0 Å². The SMILES string of the molecule is CC(CCC#N)c1nc(-c2cc(F)c(F)c(F)c2)no1. The summed E-state index contributed by atoms with van der Waals surface area (Å²) in [4.78, 5) is 4.00. The number of aromatic nitrogens is 2. The maximum Gasteiger partial charge on any atom is 0.229 e. The Morgan fingerprint density at radius 2 is 1.95 bits per heavy atom. The molecule has 0 aliphatic carbocycles. The predicted octanol–water partition coefficient (Wildman–Crippen LogP) is 3.56. The summed E-state index contributed by atoms with van der Waals surface area (Å²) in [5, 5.41) is 12.1. The molecule has 0 fully saturated rings. The minimum atomic E-state index is -1.54. The molecule has 2 aromatic rings. The maximum atomic E-state index is 13.1. The quantitative estimate of drug-likeness (QED) is 0.804. The van der Waals surface area contributed by atoms with Crippen LogP contribution in [0.4, 0.5) is 13.2 Å². The fourth-order valence-corrected chi connectivity index (χ4v) is 1.64. The van der Waals surface area contributed by atoms with Gasteiger partial charge < -0.3 is 4.52 Å². The molecule has 1 atom stereocenters. The lowest BCUT2D eigenvalue weighted by molar-refractivity contribution is 0.355. The van der Waals surface area contributed by atoms with Gasteiger partial charge in [-0.2, -0.15) is 10.2 Å². The van der Waals surface area contributed by atoms with Crippen molar-refractivity contribution in [1.82, 2.24) is 10.1 Å². The zero-order valence-corrected chi connectivity index (χ0v) is 10.5. The molecule has 0 saturated carbocycles. The number of nitrogens with zero attached hydrogens (tertiary/aromatic N) is 3. The Bertz CT molecular complexity index is 640. The molecular weight excluding hydrogens is 271 g/mol. The highest BCUT2D eigenvalue weighted by Crippen LogP contribution is 2.24. The highest BCUT2D eigenvalue weighted by Gasteiger charge is 2.18. The van der Waals surface area contributed by atoms with E-state index in [0.717, 1.165) is 12.1 Å². The second kappa shape index (κ2) is 5.74. The molecule has 1 unspecified atom stereocenters. The fourth-order valence-electron chi connectivity index (χ4n) is 1.64.